The summed E-state index contributed by atoms with van der Waals surface area (Å²) < 4.78 is 0.964. The molecular weight excluding hydrogens is 395 g/mol. The maximum Gasteiger partial charge on any atom is 0.0992 e. The van der Waals surface area contributed by atoms with E-state index in [0.29, 0.717) is 5.56 Å². The van der Waals surface area contributed by atoms with Crippen molar-refractivity contribution < 1.29 is 0 Å². The van der Waals surface area contributed by atoms with Crippen molar-refractivity contribution in [1.82, 2.24) is 0 Å². The molecule has 3 heteroatoms. The van der Waals surface area contributed by atoms with E-state index >= 15 is 0 Å². The van der Waals surface area contributed by atoms with Crippen molar-refractivity contribution in [1.29, 1.82) is 5.26 Å². The Morgan fingerprint density at radius 1 is 0.826 bits per heavy atom. The number of benzene rings is 3. The molecule has 3 rings (SSSR count). The van der Waals surface area contributed by atoms with E-state index in [1.807, 2.05) is 48.5 Å². The Balaban J connectivity index is 2.15. The highest BCUT2D eigenvalue weighted by molar-refractivity contribution is 14.1. The van der Waals surface area contributed by atoms with Crippen LogP contribution >= 0.6 is 22.6 Å². The van der Waals surface area contributed by atoms with Gasteiger partial charge in [0.1, 0.15) is 0 Å². The van der Waals surface area contributed by atoms with Crippen LogP contribution in [0.3, 0.4) is 0 Å². The summed E-state index contributed by atoms with van der Waals surface area (Å²) >= 11 is 2.22. The van der Waals surface area contributed by atoms with Crippen molar-refractivity contribution in [2.75, 3.05) is 0 Å². The highest BCUT2D eigenvalue weighted by atomic mass is 127. The zero-order chi connectivity index (χ0) is 16.1. The standard InChI is InChI=1S/C20H13IN2/c21-18-13-15(14-22)11-12-19(18)23-20(16-7-3-1-4-8-16)17-9-5-2-6-10-17/h1-13H. The van der Waals surface area contributed by atoms with Gasteiger partial charge in [0, 0.05) is 14.7 Å². The van der Waals surface area contributed by atoms with Crippen molar-refractivity contribution in [3.8, 4) is 6.07 Å². The lowest BCUT2D eigenvalue weighted by Gasteiger charge is -2.08. The van der Waals surface area contributed by atoms with Crippen LogP contribution in [0.1, 0.15) is 16.7 Å². The third kappa shape index (κ3) is 3.66. The van der Waals surface area contributed by atoms with Gasteiger partial charge >= 0.3 is 0 Å². The van der Waals surface area contributed by atoms with Gasteiger partial charge in [0.15, 0.2) is 0 Å². The van der Waals surface area contributed by atoms with Gasteiger partial charge < -0.3 is 0 Å². The van der Waals surface area contributed by atoms with Crippen molar-refractivity contribution >= 4 is 34.0 Å². The smallest absolute Gasteiger partial charge is 0.0992 e. The molecular formula is C20H13IN2. The largest absolute Gasteiger partial charge is 0.247 e. The molecule has 0 spiro atoms. The molecule has 0 saturated carbocycles. The summed E-state index contributed by atoms with van der Waals surface area (Å²) in [5.41, 5.74) is 4.58. The minimum Gasteiger partial charge on any atom is -0.247 e. The maximum atomic E-state index is 9.00. The summed E-state index contributed by atoms with van der Waals surface area (Å²) in [6.07, 6.45) is 0. The highest BCUT2D eigenvalue weighted by Gasteiger charge is 2.08. The molecule has 0 aliphatic rings. The molecule has 3 aromatic rings. The first-order chi connectivity index (χ1) is 11.3. The number of nitrogens with zero attached hydrogens (tertiary/aromatic N) is 2. The Morgan fingerprint density at radius 2 is 1.39 bits per heavy atom. The van der Waals surface area contributed by atoms with Crippen molar-refractivity contribution in [3.63, 3.8) is 0 Å². The summed E-state index contributed by atoms with van der Waals surface area (Å²) in [6.45, 7) is 0. The summed E-state index contributed by atoms with van der Waals surface area (Å²) in [5.74, 6) is 0. The molecule has 0 bridgehead atoms. The fourth-order valence-electron chi connectivity index (χ4n) is 2.28. The van der Waals surface area contributed by atoms with Crippen molar-refractivity contribution in [2.45, 2.75) is 0 Å². The highest BCUT2D eigenvalue weighted by Crippen LogP contribution is 2.25. The molecule has 0 heterocycles. The quantitative estimate of drug-likeness (QED) is 0.426. The van der Waals surface area contributed by atoms with Crippen LogP contribution in [0.15, 0.2) is 83.9 Å². The van der Waals surface area contributed by atoms with Crippen LogP contribution < -0.4 is 0 Å². The number of halogens is 1. The Morgan fingerprint density at radius 3 is 1.87 bits per heavy atom. The number of rotatable bonds is 3. The zero-order valence-corrected chi connectivity index (χ0v) is 14.4. The number of hydrogen-bond acceptors (Lipinski definition) is 2. The molecule has 23 heavy (non-hydrogen) atoms. The predicted octanol–water partition coefficient (Wildman–Crippen LogP) is 5.33. The summed E-state index contributed by atoms with van der Waals surface area (Å²) in [5, 5.41) is 9.00. The van der Waals surface area contributed by atoms with E-state index in [2.05, 4.69) is 52.9 Å². The van der Waals surface area contributed by atoms with E-state index in [1.54, 1.807) is 6.07 Å². The predicted molar refractivity (Wildman–Crippen MR) is 102 cm³/mol. The second-order valence-corrected chi connectivity index (χ2v) is 6.13. The Kier molecular flexibility index (Phi) is 4.84. The molecule has 3 aromatic carbocycles. The van der Waals surface area contributed by atoms with Crippen LogP contribution in [0.4, 0.5) is 5.69 Å². The molecule has 2 nitrogen and oxygen atoms in total. The second kappa shape index (κ2) is 7.21. The molecule has 0 radical (unpaired) electrons. The van der Waals surface area contributed by atoms with E-state index in [0.717, 1.165) is 26.1 Å². The summed E-state index contributed by atoms with van der Waals surface area (Å²) in [7, 11) is 0. The number of nitriles is 1. The maximum absolute atomic E-state index is 9.00. The zero-order valence-electron chi connectivity index (χ0n) is 12.3. The molecule has 0 amide bonds. The van der Waals surface area contributed by atoms with Gasteiger partial charge in [-0.1, -0.05) is 60.7 Å². The number of aliphatic imine (C=N–C) groups is 1. The summed E-state index contributed by atoms with van der Waals surface area (Å²) in [6, 6.07) is 28.0. The van der Waals surface area contributed by atoms with E-state index in [9.17, 15) is 0 Å². The van der Waals surface area contributed by atoms with E-state index in [4.69, 9.17) is 10.3 Å². The number of hydrogen-bond donors (Lipinski definition) is 0. The van der Waals surface area contributed by atoms with Crippen LogP contribution in [0.2, 0.25) is 0 Å². The minimum absolute atomic E-state index is 0.648. The van der Waals surface area contributed by atoms with Gasteiger partial charge in [-0.05, 0) is 40.8 Å². The van der Waals surface area contributed by atoms with Crippen LogP contribution in [0, 0.1) is 14.9 Å². The molecule has 0 aliphatic heterocycles. The Bertz CT molecular complexity index is 837. The molecule has 0 unspecified atom stereocenters. The Labute approximate surface area is 149 Å². The molecule has 0 saturated heterocycles. The van der Waals surface area contributed by atoms with Gasteiger partial charge in [-0.2, -0.15) is 5.26 Å². The molecule has 0 aliphatic carbocycles. The van der Waals surface area contributed by atoms with Gasteiger partial charge in [0.2, 0.25) is 0 Å². The fraction of sp³-hybridized carbons (Fsp3) is 0. The first-order valence-electron chi connectivity index (χ1n) is 7.17. The molecule has 0 N–H and O–H groups in total. The van der Waals surface area contributed by atoms with Gasteiger partial charge in [-0.15, -0.1) is 0 Å². The van der Waals surface area contributed by atoms with E-state index < -0.39 is 0 Å². The van der Waals surface area contributed by atoms with Gasteiger partial charge in [-0.3, -0.25) is 0 Å². The molecule has 0 atom stereocenters. The third-order valence-electron chi connectivity index (χ3n) is 3.40. The van der Waals surface area contributed by atoms with Gasteiger partial charge in [0.25, 0.3) is 0 Å². The molecule has 0 fully saturated rings. The molecule has 0 aromatic heterocycles. The van der Waals surface area contributed by atoms with Crippen molar-refractivity contribution in [2.24, 2.45) is 4.99 Å². The van der Waals surface area contributed by atoms with Gasteiger partial charge in [0.05, 0.1) is 23.0 Å². The first-order valence-corrected chi connectivity index (χ1v) is 8.25. The van der Waals surface area contributed by atoms with E-state index in [-0.39, 0.29) is 0 Å². The molecule has 110 valence electrons. The minimum atomic E-state index is 0.648. The van der Waals surface area contributed by atoms with Crippen LogP contribution in [0.25, 0.3) is 0 Å². The normalized spacial score (nSPS) is 9.91. The van der Waals surface area contributed by atoms with Crippen LogP contribution in [-0.4, -0.2) is 5.71 Å². The van der Waals surface area contributed by atoms with Gasteiger partial charge in [-0.25, -0.2) is 4.99 Å². The average molecular weight is 408 g/mol. The lowest BCUT2D eigenvalue weighted by Crippen LogP contribution is -2.02. The lowest BCUT2D eigenvalue weighted by molar-refractivity contribution is 1.42. The monoisotopic (exact) mass is 408 g/mol. The lowest BCUT2D eigenvalue weighted by atomic mass is 10.0. The average Bonchev–Trinajstić information content (AvgIpc) is 2.62. The SMILES string of the molecule is N#Cc1ccc(N=C(c2ccccc2)c2ccccc2)c(I)c1. The van der Waals surface area contributed by atoms with Crippen molar-refractivity contribution in [3.05, 3.63) is 99.1 Å². The van der Waals surface area contributed by atoms with Crippen LogP contribution in [0.5, 0.6) is 0 Å². The first kappa shape index (κ1) is 15.4. The van der Waals surface area contributed by atoms with E-state index in [1.165, 1.54) is 0 Å². The Hall–Kier alpha value is -2.45. The summed E-state index contributed by atoms with van der Waals surface area (Å²) in [4.78, 5) is 4.87. The fourth-order valence-corrected chi connectivity index (χ4v) is 2.91. The van der Waals surface area contributed by atoms with Crippen LogP contribution in [-0.2, 0) is 0 Å². The topological polar surface area (TPSA) is 36.1 Å². The third-order valence-corrected chi connectivity index (χ3v) is 4.27. The second-order valence-electron chi connectivity index (χ2n) is 4.97.